The summed E-state index contributed by atoms with van der Waals surface area (Å²) < 4.78 is 5.92. The van der Waals surface area contributed by atoms with Gasteiger partial charge >= 0.3 is 0 Å². The number of hydrogen-bond donors (Lipinski definition) is 1. The van der Waals surface area contributed by atoms with E-state index in [1.165, 1.54) is 11.5 Å². The summed E-state index contributed by atoms with van der Waals surface area (Å²) in [5.41, 5.74) is 1.78. The second-order valence-corrected chi connectivity index (χ2v) is 6.38. The standard InChI is InChI=1S/C12H14N4OS2/c1-7(2)10-11(19-15-14-10)9(17)5-8-6-16-3-4-18-12(16)13-8/h3-4,6-7,9,17H,5H2,1-2H3. The lowest BCUT2D eigenvalue weighted by atomic mass is 10.1. The molecule has 0 spiro atoms. The van der Waals surface area contributed by atoms with Crippen LogP contribution < -0.4 is 0 Å². The molecule has 100 valence electrons. The number of nitrogens with zero attached hydrogens (tertiary/aromatic N) is 4. The van der Waals surface area contributed by atoms with Crippen LogP contribution >= 0.6 is 22.9 Å². The third-order valence-corrected chi connectivity index (χ3v) is 4.55. The maximum Gasteiger partial charge on any atom is 0.193 e. The highest BCUT2D eigenvalue weighted by atomic mass is 32.1. The second kappa shape index (κ2) is 4.99. The highest BCUT2D eigenvalue weighted by Gasteiger charge is 2.20. The first-order valence-electron chi connectivity index (χ1n) is 6.06. The quantitative estimate of drug-likeness (QED) is 0.803. The number of aliphatic hydroxyl groups excluding tert-OH is 1. The number of aromatic nitrogens is 4. The van der Waals surface area contributed by atoms with E-state index in [-0.39, 0.29) is 5.92 Å². The molecule has 5 nitrogen and oxygen atoms in total. The predicted octanol–water partition coefficient (Wildman–Crippen LogP) is 2.65. The van der Waals surface area contributed by atoms with Gasteiger partial charge in [-0.25, -0.2) is 4.98 Å². The lowest BCUT2D eigenvalue weighted by Gasteiger charge is -2.09. The summed E-state index contributed by atoms with van der Waals surface area (Å²) in [5.74, 6) is 0.272. The van der Waals surface area contributed by atoms with Crippen LogP contribution in [-0.2, 0) is 6.42 Å². The van der Waals surface area contributed by atoms with Crippen LogP contribution in [-0.4, -0.2) is 24.1 Å². The maximum atomic E-state index is 10.3. The van der Waals surface area contributed by atoms with Gasteiger partial charge in [-0.3, -0.25) is 4.40 Å². The van der Waals surface area contributed by atoms with Gasteiger partial charge in [-0.15, -0.1) is 16.4 Å². The van der Waals surface area contributed by atoms with E-state index in [2.05, 4.69) is 28.4 Å². The first-order chi connectivity index (χ1) is 9.15. The minimum atomic E-state index is -0.581. The molecule has 0 saturated heterocycles. The molecule has 0 aliphatic carbocycles. The predicted molar refractivity (Wildman–Crippen MR) is 75.7 cm³/mol. The van der Waals surface area contributed by atoms with E-state index in [4.69, 9.17) is 0 Å². The summed E-state index contributed by atoms with van der Waals surface area (Å²) in [4.78, 5) is 6.29. The molecule has 7 heteroatoms. The van der Waals surface area contributed by atoms with E-state index >= 15 is 0 Å². The highest BCUT2D eigenvalue weighted by Crippen LogP contribution is 2.28. The average Bonchev–Trinajstić information content (AvgIpc) is 3.01. The van der Waals surface area contributed by atoms with Crippen LogP contribution in [0.3, 0.4) is 0 Å². The lowest BCUT2D eigenvalue weighted by molar-refractivity contribution is 0.179. The van der Waals surface area contributed by atoms with Crippen molar-refractivity contribution in [2.75, 3.05) is 0 Å². The molecule has 0 aliphatic heterocycles. The van der Waals surface area contributed by atoms with Gasteiger partial charge in [0.2, 0.25) is 0 Å². The first-order valence-corrected chi connectivity index (χ1v) is 7.71. The van der Waals surface area contributed by atoms with Crippen LogP contribution in [0.15, 0.2) is 17.8 Å². The zero-order valence-electron chi connectivity index (χ0n) is 10.6. The van der Waals surface area contributed by atoms with Crippen molar-refractivity contribution in [2.24, 2.45) is 0 Å². The molecule has 0 bridgehead atoms. The van der Waals surface area contributed by atoms with Crippen LogP contribution in [0.25, 0.3) is 4.96 Å². The molecule has 0 radical (unpaired) electrons. The van der Waals surface area contributed by atoms with Gasteiger partial charge in [-0.2, -0.15) is 0 Å². The van der Waals surface area contributed by atoms with Crippen LogP contribution in [0.4, 0.5) is 0 Å². The normalized spacial score (nSPS) is 13.5. The second-order valence-electron chi connectivity index (χ2n) is 4.72. The molecule has 0 fully saturated rings. The first kappa shape index (κ1) is 12.7. The molecular formula is C12H14N4OS2. The van der Waals surface area contributed by atoms with Gasteiger partial charge in [0.05, 0.1) is 22.4 Å². The Morgan fingerprint density at radius 2 is 2.26 bits per heavy atom. The third-order valence-electron chi connectivity index (χ3n) is 2.94. The Bertz CT molecular complexity index is 656. The van der Waals surface area contributed by atoms with E-state index in [1.54, 1.807) is 11.3 Å². The van der Waals surface area contributed by atoms with Crippen LogP contribution in [0.5, 0.6) is 0 Å². The van der Waals surface area contributed by atoms with E-state index in [1.807, 2.05) is 22.2 Å². The molecule has 0 amide bonds. The number of aliphatic hydroxyl groups is 1. The van der Waals surface area contributed by atoms with Gasteiger partial charge in [-0.05, 0) is 17.5 Å². The van der Waals surface area contributed by atoms with E-state index in [0.717, 1.165) is 21.2 Å². The summed E-state index contributed by atoms with van der Waals surface area (Å²) in [6.07, 6.45) is 3.84. The minimum Gasteiger partial charge on any atom is -0.387 e. The number of fused-ring (bicyclic) bond motifs is 1. The van der Waals surface area contributed by atoms with Gasteiger partial charge < -0.3 is 5.11 Å². The van der Waals surface area contributed by atoms with Crippen molar-refractivity contribution in [2.45, 2.75) is 32.3 Å². The van der Waals surface area contributed by atoms with Gasteiger partial charge in [0.25, 0.3) is 0 Å². The summed E-state index contributed by atoms with van der Waals surface area (Å²) >= 11 is 2.86. The van der Waals surface area contributed by atoms with Crippen LogP contribution in [0, 0.1) is 0 Å². The van der Waals surface area contributed by atoms with Crippen molar-refractivity contribution in [3.05, 3.63) is 34.0 Å². The van der Waals surface area contributed by atoms with Crippen molar-refractivity contribution >= 4 is 27.8 Å². The molecule has 0 aliphatic rings. The van der Waals surface area contributed by atoms with Gasteiger partial charge in [0.15, 0.2) is 4.96 Å². The molecule has 1 unspecified atom stereocenters. The molecule has 3 heterocycles. The van der Waals surface area contributed by atoms with Gasteiger partial charge in [0.1, 0.15) is 0 Å². The number of thiazole rings is 1. The molecule has 0 aromatic carbocycles. The Kier molecular flexibility index (Phi) is 3.34. The summed E-state index contributed by atoms with van der Waals surface area (Å²) in [6, 6.07) is 0. The van der Waals surface area contributed by atoms with Gasteiger partial charge in [0, 0.05) is 24.2 Å². The molecule has 1 N–H and O–H groups in total. The fourth-order valence-electron chi connectivity index (χ4n) is 2.00. The maximum absolute atomic E-state index is 10.3. The zero-order valence-corrected chi connectivity index (χ0v) is 12.3. The smallest absolute Gasteiger partial charge is 0.193 e. The van der Waals surface area contributed by atoms with Crippen molar-refractivity contribution in [1.29, 1.82) is 0 Å². The molecule has 0 saturated carbocycles. The highest BCUT2D eigenvalue weighted by molar-refractivity contribution is 7.15. The Labute approximate surface area is 118 Å². The number of imidazole rings is 1. The topological polar surface area (TPSA) is 63.3 Å². The van der Waals surface area contributed by atoms with Crippen molar-refractivity contribution < 1.29 is 5.11 Å². The van der Waals surface area contributed by atoms with Crippen molar-refractivity contribution in [3.8, 4) is 0 Å². The Balaban J connectivity index is 1.82. The monoisotopic (exact) mass is 294 g/mol. The van der Waals surface area contributed by atoms with E-state index in [9.17, 15) is 5.11 Å². The average molecular weight is 294 g/mol. The largest absolute Gasteiger partial charge is 0.387 e. The number of hydrogen-bond acceptors (Lipinski definition) is 6. The van der Waals surface area contributed by atoms with Gasteiger partial charge in [-0.1, -0.05) is 18.3 Å². The molecule has 1 atom stereocenters. The van der Waals surface area contributed by atoms with Crippen molar-refractivity contribution in [3.63, 3.8) is 0 Å². The lowest BCUT2D eigenvalue weighted by Crippen LogP contribution is -2.04. The van der Waals surface area contributed by atoms with Crippen LogP contribution in [0.1, 0.15) is 42.1 Å². The molecule has 3 aromatic heterocycles. The zero-order chi connectivity index (χ0) is 13.4. The SMILES string of the molecule is CC(C)c1nnsc1C(O)Cc1cn2ccsc2n1. The van der Waals surface area contributed by atoms with E-state index < -0.39 is 6.10 Å². The molecular weight excluding hydrogens is 280 g/mol. The summed E-state index contributed by atoms with van der Waals surface area (Å²) in [5, 5.41) is 16.4. The summed E-state index contributed by atoms with van der Waals surface area (Å²) in [7, 11) is 0. The third kappa shape index (κ3) is 2.41. The van der Waals surface area contributed by atoms with Crippen LogP contribution in [0.2, 0.25) is 0 Å². The fourth-order valence-corrected chi connectivity index (χ4v) is 3.51. The fraction of sp³-hybridized carbons (Fsp3) is 0.417. The number of rotatable bonds is 4. The minimum absolute atomic E-state index is 0.272. The molecule has 19 heavy (non-hydrogen) atoms. The Hall–Kier alpha value is -1.31. The Morgan fingerprint density at radius 1 is 1.42 bits per heavy atom. The Morgan fingerprint density at radius 3 is 3.00 bits per heavy atom. The van der Waals surface area contributed by atoms with Crippen molar-refractivity contribution in [1.82, 2.24) is 19.0 Å². The molecule has 3 rings (SSSR count). The summed E-state index contributed by atoms with van der Waals surface area (Å²) in [6.45, 7) is 4.11. The molecule has 3 aromatic rings. The van der Waals surface area contributed by atoms with E-state index in [0.29, 0.717) is 6.42 Å².